The van der Waals surface area contributed by atoms with Crippen LogP contribution in [0.4, 0.5) is 4.79 Å². The number of imide groups is 1. The Hall–Kier alpha value is -2.22. The number of carboxylic acids is 1. The summed E-state index contributed by atoms with van der Waals surface area (Å²) in [7, 11) is 0. The fourth-order valence-corrected chi connectivity index (χ4v) is 4.20. The normalized spacial score (nSPS) is 15.9. The monoisotopic (exact) mass is 424 g/mol. The van der Waals surface area contributed by atoms with Crippen LogP contribution in [0.1, 0.15) is 17.0 Å². The Kier molecular flexibility index (Phi) is 5.37. The number of aryl methyl sites for hydroxylation is 1. The Labute approximate surface area is 169 Å². The van der Waals surface area contributed by atoms with Crippen LogP contribution >= 0.6 is 35.0 Å². The average Bonchev–Trinajstić information content (AvgIpc) is 2.99. The van der Waals surface area contributed by atoms with Crippen LogP contribution in [0.5, 0.6) is 0 Å². The maximum Gasteiger partial charge on any atom is 0.323 e. The summed E-state index contributed by atoms with van der Waals surface area (Å²) in [6, 6.07) is 7.05. The molecule has 0 saturated carbocycles. The molecule has 0 unspecified atom stereocenters. The predicted molar refractivity (Wildman–Crippen MR) is 106 cm³/mol. The summed E-state index contributed by atoms with van der Waals surface area (Å²) in [6.07, 6.45) is 1.59. The molecule has 2 aromatic rings. The average molecular weight is 425 g/mol. The molecule has 1 aliphatic rings. The number of carboxylic acid groups (broad SMARTS) is 1. The van der Waals surface area contributed by atoms with Crippen LogP contribution in [0, 0.1) is 13.8 Å². The molecule has 6 nitrogen and oxygen atoms in total. The van der Waals surface area contributed by atoms with Crippen molar-refractivity contribution in [2.24, 2.45) is 0 Å². The van der Waals surface area contributed by atoms with Gasteiger partial charge in [0.25, 0.3) is 11.1 Å². The van der Waals surface area contributed by atoms with Crippen LogP contribution in [0.15, 0.2) is 29.2 Å². The van der Waals surface area contributed by atoms with Crippen molar-refractivity contribution in [2.45, 2.75) is 13.8 Å². The zero-order valence-corrected chi connectivity index (χ0v) is 16.7. The molecule has 0 radical (unpaired) electrons. The zero-order chi connectivity index (χ0) is 19.9. The summed E-state index contributed by atoms with van der Waals surface area (Å²) in [4.78, 5) is 36.0. The van der Waals surface area contributed by atoms with Crippen molar-refractivity contribution in [3.63, 3.8) is 0 Å². The van der Waals surface area contributed by atoms with E-state index >= 15 is 0 Å². The van der Waals surface area contributed by atoms with Gasteiger partial charge < -0.3 is 9.67 Å². The fourth-order valence-electron chi connectivity index (χ4n) is 2.88. The summed E-state index contributed by atoms with van der Waals surface area (Å²) < 4.78 is 1.92. The van der Waals surface area contributed by atoms with Gasteiger partial charge in [-0.25, -0.2) is 0 Å². The summed E-state index contributed by atoms with van der Waals surface area (Å²) in [5, 5.41) is 9.26. The van der Waals surface area contributed by atoms with Gasteiger partial charge in [0.15, 0.2) is 0 Å². The Morgan fingerprint density at radius 1 is 1.22 bits per heavy atom. The Balaban J connectivity index is 2.00. The van der Waals surface area contributed by atoms with E-state index in [-0.39, 0.29) is 4.91 Å². The smallest absolute Gasteiger partial charge is 0.323 e. The maximum absolute atomic E-state index is 12.3. The van der Waals surface area contributed by atoms with Gasteiger partial charge in [-0.15, -0.1) is 0 Å². The Morgan fingerprint density at radius 3 is 2.56 bits per heavy atom. The molecule has 9 heteroatoms. The number of aromatic nitrogens is 1. The van der Waals surface area contributed by atoms with Crippen LogP contribution in [0.2, 0.25) is 10.0 Å². The molecule has 27 heavy (non-hydrogen) atoms. The van der Waals surface area contributed by atoms with Gasteiger partial charge in [-0.3, -0.25) is 19.3 Å². The molecule has 0 bridgehead atoms. The minimum Gasteiger partial charge on any atom is -0.480 e. The highest BCUT2D eigenvalue weighted by Gasteiger charge is 2.36. The quantitative estimate of drug-likeness (QED) is 0.729. The van der Waals surface area contributed by atoms with Gasteiger partial charge in [-0.2, -0.15) is 0 Å². The Bertz CT molecular complexity index is 1010. The lowest BCUT2D eigenvalue weighted by atomic mass is 10.2. The first kappa shape index (κ1) is 19.5. The second kappa shape index (κ2) is 7.42. The highest BCUT2D eigenvalue weighted by Crippen LogP contribution is 2.34. The second-order valence-electron chi connectivity index (χ2n) is 5.92. The number of halogens is 2. The maximum atomic E-state index is 12.3. The summed E-state index contributed by atoms with van der Waals surface area (Å²) in [5.41, 5.74) is 3.18. The number of benzene rings is 1. The molecule has 0 spiro atoms. The molecule has 140 valence electrons. The molecule has 1 saturated heterocycles. The first-order valence-electron chi connectivity index (χ1n) is 7.80. The van der Waals surface area contributed by atoms with Gasteiger partial charge in [0.1, 0.15) is 6.54 Å². The van der Waals surface area contributed by atoms with Crippen molar-refractivity contribution < 1.29 is 19.5 Å². The zero-order valence-electron chi connectivity index (χ0n) is 14.3. The minimum absolute atomic E-state index is 0.184. The molecule has 0 aliphatic carbocycles. The van der Waals surface area contributed by atoms with Crippen LogP contribution in [-0.2, 0) is 9.59 Å². The van der Waals surface area contributed by atoms with E-state index in [2.05, 4.69) is 0 Å². The Morgan fingerprint density at radius 2 is 1.93 bits per heavy atom. The van der Waals surface area contributed by atoms with Crippen LogP contribution in [-0.4, -0.2) is 38.2 Å². The molecule has 1 aliphatic heterocycles. The van der Waals surface area contributed by atoms with Crippen molar-refractivity contribution in [2.75, 3.05) is 6.54 Å². The standard InChI is InChI=1S/C18H14Cl2N2O4S/c1-9-5-11(6-15-17(25)21(8-16(23)24)18(26)27-15)10(2)22(9)14-4-3-12(19)7-13(14)20/h3-7H,8H2,1-2H3,(H,23,24)/b15-6+. The van der Waals surface area contributed by atoms with E-state index in [0.29, 0.717) is 14.9 Å². The molecule has 2 heterocycles. The van der Waals surface area contributed by atoms with Crippen molar-refractivity contribution in [3.05, 3.63) is 56.2 Å². The highest BCUT2D eigenvalue weighted by molar-refractivity contribution is 8.18. The second-order valence-corrected chi connectivity index (χ2v) is 7.76. The number of thioether (sulfide) groups is 1. The van der Waals surface area contributed by atoms with Gasteiger partial charge in [-0.1, -0.05) is 23.2 Å². The molecule has 1 aromatic carbocycles. The minimum atomic E-state index is -1.24. The van der Waals surface area contributed by atoms with E-state index in [0.717, 1.165) is 34.4 Å². The first-order chi connectivity index (χ1) is 12.7. The number of rotatable bonds is 4. The lowest BCUT2D eigenvalue weighted by Gasteiger charge is -2.12. The molecular formula is C18H14Cl2N2O4S. The van der Waals surface area contributed by atoms with E-state index in [9.17, 15) is 14.4 Å². The number of amides is 2. The van der Waals surface area contributed by atoms with Crippen LogP contribution in [0.3, 0.4) is 0 Å². The lowest BCUT2D eigenvalue weighted by molar-refractivity contribution is -0.140. The third-order valence-electron chi connectivity index (χ3n) is 4.07. The van der Waals surface area contributed by atoms with Crippen molar-refractivity contribution in [3.8, 4) is 5.69 Å². The van der Waals surface area contributed by atoms with E-state index in [1.807, 2.05) is 24.5 Å². The van der Waals surface area contributed by atoms with Crippen LogP contribution < -0.4 is 0 Å². The fraction of sp³-hybridized carbons (Fsp3) is 0.167. The number of aliphatic carboxylic acids is 1. The largest absolute Gasteiger partial charge is 0.480 e. The van der Waals surface area contributed by atoms with Gasteiger partial charge in [0.05, 0.1) is 15.6 Å². The number of carbonyl (C=O) groups is 3. The van der Waals surface area contributed by atoms with E-state index in [1.54, 1.807) is 24.3 Å². The van der Waals surface area contributed by atoms with E-state index in [4.69, 9.17) is 28.3 Å². The lowest BCUT2D eigenvalue weighted by Crippen LogP contribution is -2.33. The summed E-state index contributed by atoms with van der Waals surface area (Å²) in [5.74, 6) is -1.85. The molecule has 1 fully saturated rings. The van der Waals surface area contributed by atoms with Gasteiger partial charge >= 0.3 is 5.97 Å². The third kappa shape index (κ3) is 3.76. The van der Waals surface area contributed by atoms with Crippen molar-refractivity contribution >= 4 is 58.2 Å². The number of nitrogens with zero attached hydrogens (tertiary/aromatic N) is 2. The van der Waals surface area contributed by atoms with E-state index < -0.39 is 23.7 Å². The summed E-state index contributed by atoms with van der Waals surface area (Å²) in [6.45, 7) is 3.11. The first-order valence-corrected chi connectivity index (χ1v) is 9.38. The molecule has 3 rings (SSSR count). The molecule has 2 amide bonds. The molecule has 1 aromatic heterocycles. The molecule has 0 atom stereocenters. The number of hydrogen-bond acceptors (Lipinski definition) is 4. The number of hydrogen-bond donors (Lipinski definition) is 1. The number of carbonyl (C=O) groups excluding carboxylic acids is 2. The van der Waals surface area contributed by atoms with Gasteiger partial charge in [0.2, 0.25) is 0 Å². The van der Waals surface area contributed by atoms with Crippen molar-refractivity contribution in [1.29, 1.82) is 0 Å². The highest BCUT2D eigenvalue weighted by atomic mass is 35.5. The van der Waals surface area contributed by atoms with Gasteiger partial charge in [0, 0.05) is 16.4 Å². The van der Waals surface area contributed by atoms with E-state index in [1.165, 1.54) is 0 Å². The topological polar surface area (TPSA) is 79.6 Å². The third-order valence-corrected chi connectivity index (χ3v) is 5.52. The van der Waals surface area contributed by atoms with Gasteiger partial charge in [-0.05, 0) is 61.5 Å². The SMILES string of the molecule is Cc1cc(/C=C2/SC(=O)N(CC(=O)O)C2=O)c(C)n1-c1ccc(Cl)cc1Cl. The predicted octanol–water partition coefficient (Wildman–Crippen LogP) is 4.52. The van der Waals surface area contributed by atoms with Crippen molar-refractivity contribution in [1.82, 2.24) is 9.47 Å². The molecule has 1 N–H and O–H groups in total. The van der Waals surface area contributed by atoms with Crippen LogP contribution in [0.25, 0.3) is 11.8 Å². The summed E-state index contributed by atoms with van der Waals surface area (Å²) >= 11 is 13.0. The molecular weight excluding hydrogens is 411 g/mol.